The second-order valence-electron chi connectivity index (χ2n) is 5.10. The molecule has 3 rings (SSSR count). The van der Waals surface area contributed by atoms with Gasteiger partial charge < -0.3 is 0 Å². The molecule has 2 aromatic carbocycles. The van der Waals surface area contributed by atoms with Crippen LogP contribution in [-0.4, -0.2) is 0 Å². The molecule has 0 heteroatoms. The number of allylic oxidation sites excluding steroid dienone is 4. The molecule has 0 fully saturated rings. The highest BCUT2D eigenvalue weighted by Gasteiger charge is 2.09. The summed E-state index contributed by atoms with van der Waals surface area (Å²) in [5.41, 5.74) is 5.55. The topological polar surface area (TPSA) is 0 Å². The van der Waals surface area contributed by atoms with Gasteiger partial charge in [-0.1, -0.05) is 42.5 Å². The molecule has 2 aromatic rings. The normalized spacial score (nSPS) is 15.4. The van der Waals surface area contributed by atoms with E-state index in [1.54, 1.807) is 0 Å². The molecule has 0 amide bonds. The predicted octanol–water partition coefficient (Wildman–Crippen LogP) is 5.27. The van der Waals surface area contributed by atoms with Crippen LogP contribution in [0, 0.1) is 6.92 Å². The maximum atomic E-state index is 2.37. The molecule has 0 atom stereocenters. The molecule has 0 unspecified atom stereocenters. The van der Waals surface area contributed by atoms with E-state index in [1.165, 1.54) is 45.9 Å². The summed E-state index contributed by atoms with van der Waals surface area (Å²) in [4.78, 5) is 0. The van der Waals surface area contributed by atoms with E-state index in [9.17, 15) is 0 Å². The number of rotatable bonds is 1. The van der Waals surface area contributed by atoms with Crippen molar-refractivity contribution in [3.63, 3.8) is 0 Å². The third-order valence-electron chi connectivity index (χ3n) is 3.77. The van der Waals surface area contributed by atoms with E-state index >= 15 is 0 Å². The van der Waals surface area contributed by atoms with E-state index in [-0.39, 0.29) is 0 Å². The number of aryl methyl sites for hydroxylation is 1. The largest absolute Gasteiger partial charge is 0.0807 e. The van der Waals surface area contributed by atoms with Gasteiger partial charge in [-0.3, -0.25) is 0 Å². The van der Waals surface area contributed by atoms with Crippen molar-refractivity contribution in [1.82, 2.24) is 0 Å². The highest BCUT2D eigenvalue weighted by molar-refractivity contribution is 5.91. The quantitative estimate of drug-likeness (QED) is 0.630. The third-order valence-corrected chi connectivity index (χ3v) is 3.77. The molecule has 1 aliphatic carbocycles. The lowest BCUT2D eigenvalue weighted by Gasteiger charge is -2.15. The van der Waals surface area contributed by atoms with Crippen LogP contribution >= 0.6 is 0 Å². The van der Waals surface area contributed by atoms with E-state index < -0.39 is 0 Å². The molecule has 0 spiro atoms. The molecule has 0 saturated heterocycles. The monoisotopic (exact) mass is 234 g/mol. The standard InChI is InChI=1S/C18H18/c1-13-7-3-5-9-17(13)16-11-14(2)18-10-6-4-8-15(18)12-16/h4,6-12H,3,5H2,1-2H3. The minimum Gasteiger partial charge on any atom is -0.0807 e. The maximum Gasteiger partial charge on any atom is -0.0154 e. The molecule has 0 bridgehead atoms. The molecule has 0 nitrogen and oxygen atoms in total. The minimum atomic E-state index is 1.17. The van der Waals surface area contributed by atoms with Gasteiger partial charge in [-0.15, -0.1) is 0 Å². The van der Waals surface area contributed by atoms with Crippen molar-refractivity contribution in [3.05, 3.63) is 65.3 Å². The van der Waals surface area contributed by atoms with Gasteiger partial charge in [-0.2, -0.15) is 0 Å². The molecule has 0 heterocycles. The smallest absolute Gasteiger partial charge is 0.0154 e. The summed E-state index contributed by atoms with van der Waals surface area (Å²) >= 11 is 0. The molecule has 0 aromatic heterocycles. The van der Waals surface area contributed by atoms with Crippen LogP contribution in [-0.2, 0) is 0 Å². The number of hydrogen-bond acceptors (Lipinski definition) is 0. The third kappa shape index (κ3) is 1.88. The second kappa shape index (κ2) is 4.45. The van der Waals surface area contributed by atoms with E-state index in [0.29, 0.717) is 0 Å². The fraction of sp³-hybridized carbons (Fsp3) is 0.222. The fourth-order valence-electron chi connectivity index (χ4n) is 2.80. The van der Waals surface area contributed by atoms with Gasteiger partial charge in [-0.05, 0) is 65.8 Å². The van der Waals surface area contributed by atoms with Crippen molar-refractivity contribution in [2.24, 2.45) is 0 Å². The van der Waals surface area contributed by atoms with E-state index in [4.69, 9.17) is 0 Å². The lowest BCUT2D eigenvalue weighted by molar-refractivity contribution is 1.02. The van der Waals surface area contributed by atoms with Crippen LogP contribution in [0.15, 0.2) is 54.1 Å². The van der Waals surface area contributed by atoms with Crippen molar-refractivity contribution in [2.45, 2.75) is 26.7 Å². The average molecular weight is 234 g/mol. The molecule has 18 heavy (non-hydrogen) atoms. The van der Waals surface area contributed by atoms with Crippen LogP contribution < -0.4 is 0 Å². The van der Waals surface area contributed by atoms with Crippen molar-refractivity contribution < 1.29 is 0 Å². The molecule has 90 valence electrons. The Kier molecular flexibility index (Phi) is 2.79. The highest BCUT2D eigenvalue weighted by Crippen LogP contribution is 2.31. The Balaban J connectivity index is 2.19. The number of fused-ring (bicyclic) bond motifs is 1. The average Bonchev–Trinajstić information content (AvgIpc) is 2.39. The Morgan fingerprint density at radius 3 is 2.50 bits per heavy atom. The predicted molar refractivity (Wildman–Crippen MR) is 79.7 cm³/mol. The molecule has 1 aliphatic rings. The zero-order valence-electron chi connectivity index (χ0n) is 11.0. The van der Waals surface area contributed by atoms with Crippen molar-refractivity contribution >= 4 is 16.3 Å². The van der Waals surface area contributed by atoms with E-state index in [1.807, 2.05) is 0 Å². The Bertz CT molecular complexity index is 657. The summed E-state index contributed by atoms with van der Waals surface area (Å²) in [6, 6.07) is 13.3. The van der Waals surface area contributed by atoms with Crippen LogP contribution in [0.2, 0.25) is 0 Å². The Hall–Kier alpha value is -1.82. The molecular weight excluding hydrogens is 216 g/mol. The van der Waals surface area contributed by atoms with E-state index in [0.717, 1.165) is 0 Å². The summed E-state index contributed by atoms with van der Waals surface area (Å²) in [5, 5.41) is 2.70. The van der Waals surface area contributed by atoms with Crippen molar-refractivity contribution in [2.75, 3.05) is 0 Å². The molecule has 0 radical (unpaired) electrons. The van der Waals surface area contributed by atoms with Crippen molar-refractivity contribution in [1.29, 1.82) is 0 Å². The lowest BCUT2D eigenvalue weighted by atomic mass is 9.90. The van der Waals surface area contributed by atoms with Gasteiger partial charge >= 0.3 is 0 Å². The van der Waals surface area contributed by atoms with Crippen LogP contribution in [0.5, 0.6) is 0 Å². The van der Waals surface area contributed by atoms with Gasteiger partial charge in [0, 0.05) is 0 Å². The first kappa shape index (κ1) is 11.3. The summed E-state index contributed by atoms with van der Waals surface area (Å²) in [7, 11) is 0. The lowest BCUT2D eigenvalue weighted by Crippen LogP contribution is -1.93. The summed E-state index contributed by atoms with van der Waals surface area (Å²) < 4.78 is 0. The first-order valence-corrected chi connectivity index (χ1v) is 6.63. The van der Waals surface area contributed by atoms with Crippen LogP contribution in [0.4, 0.5) is 0 Å². The molecule has 0 saturated carbocycles. The molecule has 0 aliphatic heterocycles. The summed E-state index contributed by atoms with van der Waals surface area (Å²) in [6.45, 7) is 4.42. The van der Waals surface area contributed by atoms with Crippen molar-refractivity contribution in [3.8, 4) is 0 Å². The number of hydrogen-bond donors (Lipinski definition) is 0. The number of benzene rings is 2. The zero-order valence-corrected chi connectivity index (χ0v) is 11.0. The van der Waals surface area contributed by atoms with Gasteiger partial charge in [-0.25, -0.2) is 0 Å². The summed E-state index contributed by atoms with van der Waals surface area (Å²) in [6.07, 6.45) is 7.07. The molecule has 0 N–H and O–H groups in total. The first-order chi connectivity index (χ1) is 8.75. The zero-order chi connectivity index (χ0) is 12.5. The SMILES string of the molecule is CC1=CCCC=C1c1cc(C)c2ccccc2c1. The first-order valence-electron chi connectivity index (χ1n) is 6.63. The van der Waals surface area contributed by atoms with Gasteiger partial charge in [0.15, 0.2) is 0 Å². The Morgan fingerprint density at radius 1 is 0.889 bits per heavy atom. The highest BCUT2D eigenvalue weighted by atomic mass is 14.1. The van der Waals surface area contributed by atoms with Gasteiger partial charge in [0.25, 0.3) is 0 Å². The van der Waals surface area contributed by atoms with E-state index in [2.05, 4.69) is 62.4 Å². The summed E-state index contributed by atoms with van der Waals surface area (Å²) in [5.74, 6) is 0. The molecular formula is C18H18. The minimum absolute atomic E-state index is 1.17. The second-order valence-corrected chi connectivity index (χ2v) is 5.10. The Morgan fingerprint density at radius 2 is 1.67 bits per heavy atom. The van der Waals surface area contributed by atoms with Crippen LogP contribution in [0.1, 0.15) is 30.9 Å². The maximum absolute atomic E-state index is 2.37. The van der Waals surface area contributed by atoms with Gasteiger partial charge in [0.2, 0.25) is 0 Å². The van der Waals surface area contributed by atoms with Gasteiger partial charge in [0.1, 0.15) is 0 Å². The van der Waals surface area contributed by atoms with Crippen LogP contribution in [0.3, 0.4) is 0 Å². The van der Waals surface area contributed by atoms with Crippen LogP contribution in [0.25, 0.3) is 16.3 Å². The fourth-order valence-corrected chi connectivity index (χ4v) is 2.80. The van der Waals surface area contributed by atoms with Gasteiger partial charge in [0.05, 0.1) is 0 Å². The Labute approximate surface area is 109 Å².